The Morgan fingerprint density at radius 1 is 0.259 bits per heavy atom. The van der Waals surface area contributed by atoms with Gasteiger partial charge >= 0.3 is 17.9 Å². The molecule has 0 saturated carbocycles. The van der Waals surface area contributed by atoms with E-state index in [1.54, 1.807) is 0 Å². The Morgan fingerprint density at radius 2 is 0.481 bits per heavy atom. The van der Waals surface area contributed by atoms with Crippen LogP contribution in [0.2, 0.25) is 0 Å². The number of carbonyl (C=O) groups is 3. The van der Waals surface area contributed by atoms with Crippen LogP contribution in [-0.2, 0) is 28.6 Å². The number of hydrogen-bond donors (Lipinski definition) is 0. The van der Waals surface area contributed by atoms with Crippen LogP contribution in [-0.4, -0.2) is 37.2 Å². The molecule has 6 heteroatoms. The molecule has 0 aliphatic carbocycles. The molecule has 0 radical (unpaired) electrons. The molecule has 0 aromatic rings. The van der Waals surface area contributed by atoms with Crippen LogP contribution in [0, 0.1) is 0 Å². The Labute approximate surface area is 501 Å². The Kier molecular flexibility index (Phi) is 64.8. The number of unbranched alkanes of at least 4 members (excludes halogenated alkanes) is 30. The molecule has 0 N–H and O–H groups in total. The van der Waals surface area contributed by atoms with Crippen molar-refractivity contribution in [1.29, 1.82) is 0 Å². The van der Waals surface area contributed by atoms with Crippen molar-refractivity contribution in [2.24, 2.45) is 0 Å². The van der Waals surface area contributed by atoms with Crippen molar-refractivity contribution in [2.75, 3.05) is 13.2 Å². The van der Waals surface area contributed by atoms with Gasteiger partial charge in [-0.25, -0.2) is 0 Å². The van der Waals surface area contributed by atoms with Crippen molar-refractivity contribution in [3.05, 3.63) is 122 Å². The van der Waals surface area contributed by atoms with E-state index in [0.717, 1.165) is 135 Å². The lowest BCUT2D eigenvalue weighted by Crippen LogP contribution is -2.30. The topological polar surface area (TPSA) is 78.9 Å². The summed E-state index contributed by atoms with van der Waals surface area (Å²) in [7, 11) is 0. The van der Waals surface area contributed by atoms with E-state index < -0.39 is 6.10 Å². The molecule has 0 spiro atoms. The summed E-state index contributed by atoms with van der Waals surface area (Å²) >= 11 is 0. The number of hydrogen-bond acceptors (Lipinski definition) is 6. The molecule has 462 valence electrons. The van der Waals surface area contributed by atoms with Crippen LogP contribution in [0.3, 0.4) is 0 Å². The first-order chi connectivity index (χ1) is 40.0. The number of rotatable bonds is 61. The van der Waals surface area contributed by atoms with E-state index in [9.17, 15) is 14.4 Å². The van der Waals surface area contributed by atoms with Crippen LogP contribution in [0.25, 0.3) is 0 Å². The maximum absolute atomic E-state index is 12.9. The number of carbonyl (C=O) groups excluding carboxylic acids is 3. The fourth-order valence-corrected chi connectivity index (χ4v) is 9.37. The van der Waals surface area contributed by atoms with Crippen LogP contribution in [0.4, 0.5) is 0 Å². The van der Waals surface area contributed by atoms with Crippen LogP contribution in [0.1, 0.15) is 316 Å². The largest absolute Gasteiger partial charge is 0.462 e. The zero-order valence-corrected chi connectivity index (χ0v) is 53.0. The number of ether oxygens (including phenoxy) is 3. The first-order valence-corrected chi connectivity index (χ1v) is 34.0. The SMILES string of the molecule is CC/C=C\C/C=C\C/C=C\C/C=C\C/C=C\C/C=C\C/C=C\CCCCCC(=O)OCC(COC(=O)CCCCCCCCCCCCCCCCCCCCC)OC(=O)CCCCCCCC/C=C\C/C=C\C/C=C\CCCCC. The molecule has 0 rings (SSSR count). The summed E-state index contributed by atoms with van der Waals surface area (Å²) in [5, 5.41) is 0. The highest BCUT2D eigenvalue weighted by Gasteiger charge is 2.19. The van der Waals surface area contributed by atoms with E-state index in [1.165, 1.54) is 141 Å². The molecule has 0 bridgehead atoms. The van der Waals surface area contributed by atoms with E-state index in [1.807, 2.05) is 0 Å². The van der Waals surface area contributed by atoms with Gasteiger partial charge in [-0.05, 0) is 116 Å². The van der Waals surface area contributed by atoms with E-state index in [4.69, 9.17) is 14.2 Å². The third kappa shape index (κ3) is 66.5. The van der Waals surface area contributed by atoms with Crippen molar-refractivity contribution in [1.82, 2.24) is 0 Å². The minimum absolute atomic E-state index is 0.0941. The molecule has 6 nitrogen and oxygen atoms in total. The molecule has 0 saturated heterocycles. The predicted molar refractivity (Wildman–Crippen MR) is 353 cm³/mol. The van der Waals surface area contributed by atoms with Crippen molar-refractivity contribution < 1.29 is 28.6 Å². The summed E-state index contributed by atoms with van der Waals surface area (Å²) in [5.74, 6) is -0.931. The quantitative estimate of drug-likeness (QED) is 0.0261. The lowest BCUT2D eigenvalue weighted by Gasteiger charge is -2.18. The van der Waals surface area contributed by atoms with E-state index in [-0.39, 0.29) is 31.1 Å². The second-order valence-corrected chi connectivity index (χ2v) is 22.4. The third-order valence-electron chi connectivity index (χ3n) is 14.5. The highest BCUT2D eigenvalue weighted by molar-refractivity contribution is 5.71. The van der Waals surface area contributed by atoms with Gasteiger partial charge in [-0.3, -0.25) is 14.4 Å². The Hall–Kier alpha value is -4.19. The molecule has 0 aromatic carbocycles. The van der Waals surface area contributed by atoms with Gasteiger partial charge in [0.25, 0.3) is 0 Å². The zero-order valence-electron chi connectivity index (χ0n) is 53.0. The highest BCUT2D eigenvalue weighted by atomic mass is 16.6. The summed E-state index contributed by atoms with van der Waals surface area (Å²) in [5.41, 5.74) is 0. The number of allylic oxidation sites excluding steroid dienone is 20. The lowest BCUT2D eigenvalue weighted by atomic mass is 10.0. The average Bonchev–Trinajstić information content (AvgIpc) is 3.47. The summed E-state index contributed by atoms with van der Waals surface area (Å²) in [6.45, 7) is 6.49. The normalized spacial score (nSPS) is 12.9. The lowest BCUT2D eigenvalue weighted by molar-refractivity contribution is -0.167. The molecule has 0 aliphatic rings. The monoisotopic (exact) mass is 1120 g/mol. The average molecular weight is 1120 g/mol. The van der Waals surface area contributed by atoms with Gasteiger partial charge in [-0.1, -0.05) is 303 Å². The first-order valence-electron chi connectivity index (χ1n) is 34.0. The van der Waals surface area contributed by atoms with Gasteiger partial charge in [0.1, 0.15) is 13.2 Å². The van der Waals surface area contributed by atoms with Gasteiger partial charge in [-0.15, -0.1) is 0 Å². The second kappa shape index (κ2) is 68.3. The van der Waals surface area contributed by atoms with Gasteiger partial charge < -0.3 is 14.2 Å². The van der Waals surface area contributed by atoms with E-state index >= 15 is 0 Å². The maximum Gasteiger partial charge on any atom is 0.306 e. The van der Waals surface area contributed by atoms with Crippen LogP contribution < -0.4 is 0 Å². The Morgan fingerprint density at radius 3 is 0.790 bits per heavy atom. The molecule has 81 heavy (non-hydrogen) atoms. The molecule has 0 amide bonds. The minimum atomic E-state index is -0.803. The summed E-state index contributed by atoms with van der Waals surface area (Å²) in [4.78, 5) is 38.4. The standard InChI is InChI=1S/C75H126O6/c1-4-7-10-13-16-19-22-25-28-31-34-35-36-37-38-39-42-44-47-50-53-56-59-62-65-68-74(77)80-71-72(81-75(78)69-66-63-60-57-54-51-48-45-41-33-30-27-24-21-18-15-12-9-6-3)70-79-73(76)67-64-61-58-55-52-49-46-43-40-32-29-26-23-20-17-14-11-8-5-2/h7,10,16,18-19,21,25,27-28,30,34-35,37-38,41-42,44-45,50,53,72H,4-6,8-9,11-15,17,20,22-24,26,29,31-33,36,39-40,43,46-49,51-52,54-71H2,1-3H3/b10-7-,19-16-,21-18-,28-25-,30-27-,35-34-,38-37-,44-42-,45-41-,53-50-. The summed E-state index contributed by atoms with van der Waals surface area (Å²) < 4.78 is 16.9. The van der Waals surface area contributed by atoms with Gasteiger partial charge in [0.05, 0.1) is 0 Å². The molecule has 0 aromatic heterocycles. The molecule has 0 fully saturated rings. The van der Waals surface area contributed by atoms with Crippen molar-refractivity contribution in [3.63, 3.8) is 0 Å². The van der Waals surface area contributed by atoms with Gasteiger partial charge in [0.15, 0.2) is 6.10 Å². The van der Waals surface area contributed by atoms with E-state index in [2.05, 4.69) is 142 Å². The number of esters is 3. The van der Waals surface area contributed by atoms with Gasteiger partial charge in [0.2, 0.25) is 0 Å². The zero-order chi connectivity index (χ0) is 58.5. The van der Waals surface area contributed by atoms with Crippen LogP contribution in [0.5, 0.6) is 0 Å². The predicted octanol–water partition coefficient (Wildman–Crippen LogP) is 23.6. The van der Waals surface area contributed by atoms with E-state index in [0.29, 0.717) is 19.3 Å². The molecular formula is C75H126O6. The molecule has 1 atom stereocenters. The fourth-order valence-electron chi connectivity index (χ4n) is 9.37. The van der Waals surface area contributed by atoms with Crippen molar-refractivity contribution in [3.8, 4) is 0 Å². The maximum atomic E-state index is 12.9. The molecule has 0 heterocycles. The van der Waals surface area contributed by atoms with Crippen LogP contribution in [0.15, 0.2) is 122 Å². The fraction of sp³-hybridized carbons (Fsp3) is 0.693. The minimum Gasteiger partial charge on any atom is -0.462 e. The summed E-state index contributed by atoms with van der Waals surface area (Å²) in [6.07, 6.45) is 94.9. The van der Waals surface area contributed by atoms with Crippen LogP contribution >= 0.6 is 0 Å². The Bertz CT molecular complexity index is 1670. The highest BCUT2D eigenvalue weighted by Crippen LogP contribution is 2.16. The third-order valence-corrected chi connectivity index (χ3v) is 14.5. The smallest absolute Gasteiger partial charge is 0.306 e. The molecular weight excluding hydrogens is 997 g/mol. The Balaban J connectivity index is 4.47. The van der Waals surface area contributed by atoms with Crippen molar-refractivity contribution >= 4 is 17.9 Å². The first kappa shape index (κ1) is 76.8. The van der Waals surface area contributed by atoms with Crippen molar-refractivity contribution in [2.45, 2.75) is 322 Å². The summed E-state index contributed by atoms with van der Waals surface area (Å²) in [6, 6.07) is 0. The van der Waals surface area contributed by atoms with Gasteiger partial charge in [-0.2, -0.15) is 0 Å². The molecule has 0 aliphatic heterocycles. The second-order valence-electron chi connectivity index (χ2n) is 22.4. The van der Waals surface area contributed by atoms with Gasteiger partial charge in [0, 0.05) is 19.3 Å². The molecule has 1 unspecified atom stereocenters.